The minimum absolute atomic E-state index is 0.148. The molecule has 0 saturated heterocycles. The van der Waals surface area contributed by atoms with Gasteiger partial charge in [0, 0.05) is 16.4 Å². The zero-order chi connectivity index (χ0) is 28.3. The van der Waals surface area contributed by atoms with Crippen LogP contribution in [0.15, 0.2) is 23.4 Å². The van der Waals surface area contributed by atoms with Crippen molar-refractivity contribution in [2.24, 2.45) is 11.3 Å². The highest BCUT2D eigenvalue weighted by atomic mass is 35.5. The maximum atomic E-state index is 12.9. The van der Waals surface area contributed by atoms with E-state index in [1.54, 1.807) is 29.5 Å². The minimum atomic E-state index is -0.420. The second-order valence-electron chi connectivity index (χ2n) is 10.4. The number of ether oxygens (including phenoxy) is 1. The van der Waals surface area contributed by atoms with Crippen LogP contribution in [0.25, 0.3) is 0 Å². The highest BCUT2D eigenvalue weighted by molar-refractivity contribution is 7.99. The summed E-state index contributed by atoms with van der Waals surface area (Å²) in [7, 11) is 0. The molecule has 1 aliphatic rings. The first-order chi connectivity index (χ1) is 18.6. The van der Waals surface area contributed by atoms with E-state index in [1.807, 2.05) is 18.4 Å². The molecule has 0 radical (unpaired) electrons. The number of amides is 1. The second kappa shape index (κ2) is 12.5. The molecule has 3 aromatic rings. The Morgan fingerprint density at radius 2 is 2.13 bits per heavy atom. The third kappa shape index (κ3) is 6.57. The SMILES string of the molecule is CCn1c(SCC(=O)Nc2sc3c(c2C#N)CCC(C(C)(C)CC)C3)nnc1C(C)Oc1ccc(Cl)cc1Cl. The lowest BCUT2D eigenvalue weighted by Crippen LogP contribution is -2.28. The van der Waals surface area contributed by atoms with Crippen molar-refractivity contribution in [2.75, 3.05) is 11.1 Å². The van der Waals surface area contributed by atoms with Gasteiger partial charge in [-0.2, -0.15) is 5.26 Å². The van der Waals surface area contributed by atoms with Crippen molar-refractivity contribution in [3.8, 4) is 11.8 Å². The first-order valence-electron chi connectivity index (χ1n) is 13.1. The number of nitrogens with one attached hydrogen (secondary N) is 1. The molecule has 0 fully saturated rings. The topological polar surface area (TPSA) is 92.8 Å². The number of hydrogen-bond donors (Lipinski definition) is 1. The van der Waals surface area contributed by atoms with Crippen LogP contribution < -0.4 is 10.1 Å². The molecule has 2 unspecified atom stereocenters. The summed E-state index contributed by atoms with van der Waals surface area (Å²) in [4.78, 5) is 14.2. The third-order valence-electron chi connectivity index (χ3n) is 7.60. The molecule has 39 heavy (non-hydrogen) atoms. The fraction of sp³-hybridized carbons (Fsp3) is 0.500. The van der Waals surface area contributed by atoms with E-state index in [2.05, 4.69) is 42.4 Å². The lowest BCUT2D eigenvalue weighted by atomic mass is 9.69. The van der Waals surface area contributed by atoms with E-state index >= 15 is 0 Å². The number of anilines is 1. The first kappa shape index (κ1) is 29.7. The molecule has 1 amide bonds. The van der Waals surface area contributed by atoms with Crippen molar-refractivity contribution in [2.45, 2.75) is 78.1 Å². The molecule has 1 aromatic carbocycles. The summed E-state index contributed by atoms with van der Waals surface area (Å²) in [6, 6.07) is 7.40. The highest BCUT2D eigenvalue weighted by Crippen LogP contribution is 2.45. The van der Waals surface area contributed by atoms with E-state index in [9.17, 15) is 10.1 Å². The summed E-state index contributed by atoms with van der Waals surface area (Å²) in [6.45, 7) is 11.3. The van der Waals surface area contributed by atoms with Crippen LogP contribution in [-0.4, -0.2) is 26.4 Å². The molecule has 2 heterocycles. The lowest BCUT2D eigenvalue weighted by Gasteiger charge is -2.36. The molecule has 4 rings (SSSR count). The number of carbonyl (C=O) groups excluding carboxylic acids is 1. The maximum absolute atomic E-state index is 12.9. The Kier molecular flexibility index (Phi) is 9.53. The number of thioether (sulfide) groups is 1. The Morgan fingerprint density at radius 3 is 2.79 bits per heavy atom. The molecule has 1 N–H and O–H groups in total. The number of hydrogen-bond acceptors (Lipinski definition) is 7. The van der Waals surface area contributed by atoms with Crippen molar-refractivity contribution < 1.29 is 9.53 Å². The molecule has 0 spiro atoms. The Labute approximate surface area is 248 Å². The van der Waals surface area contributed by atoms with Gasteiger partial charge in [0.05, 0.1) is 16.3 Å². The van der Waals surface area contributed by atoms with E-state index in [0.29, 0.717) is 49.8 Å². The average Bonchev–Trinajstić information content (AvgIpc) is 3.48. The number of halogens is 2. The van der Waals surface area contributed by atoms with E-state index in [-0.39, 0.29) is 17.1 Å². The van der Waals surface area contributed by atoms with Crippen molar-refractivity contribution >= 4 is 57.2 Å². The quantitative estimate of drug-likeness (QED) is 0.236. The zero-order valence-corrected chi connectivity index (χ0v) is 26.0. The van der Waals surface area contributed by atoms with Crippen LogP contribution in [-0.2, 0) is 24.2 Å². The molecule has 0 bridgehead atoms. The van der Waals surface area contributed by atoms with E-state index < -0.39 is 6.10 Å². The summed E-state index contributed by atoms with van der Waals surface area (Å²) in [5, 5.41) is 23.7. The van der Waals surface area contributed by atoms with Crippen LogP contribution in [0.3, 0.4) is 0 Å². The fourth-order valence-electron chi connectivity index (χ4n) is 4.86. The number of aromatic nitrogens is 3. The molecule has 0 aliphatic heterocycles. The Balaban J connectivity index is 1.41. The van der Waals surface area contributed by atoms with E-state index in [0.717, 1.165) is 31.2 Å². The molecule has 11 heteroatoms. The van der Waals surface area contributed by atoms with Gasteiger partial charge in [-0.1, -0.05) is 62.2 Å². The lowest BCUT2D eigenvalue weighted by molar-refractivity contribution is -0.113. The second-order valence-corrected chi connectivity index (χ2v) is 13.2. The van der Waals surface area contributed by atoms with Gasteiger partial charge in [-0.25, -0.2) is 0 Å². The van der Waals surface area contributed by atoms with Gasteiger partial charge >= 0.3 is 0 Å². The summed E-state index contributed by atoms with van der Waals surface area (Å²) in [5.41, 5.74) is 1.98. The van der Waals surface area contributed by atoms with Crippen molar-refractivity contribution in [3.63, 3.8) is 0 Å². The van der Waals surface area contributed by atoms with Crippen LogP contribution >= 0.6 is 46.3 Å². The van der Waals surface area contributed by atoms with Gasteiger partial charge in [0.15, 0.2) is 17.1 Å². The molecule has 0 saturated carbocycles. The van der Waals surface area contributed by atoms with Crippen molar-refractivity contribution in [1.82, 2.24) is 14.8 Å². The number of benzene rings is 1. The highest BCUT2D eigenvalue weighted by Gasteiger charge is 2.34. The Hall–Kier alpha value is -2.25. The van der Waals surface area contributed by atoms with Crippen molar-refractivity contribution in [3.05, 3.63) is 50.1 Å². The fourth-order valence-corrected chi connectivity index (χ4v) is 7.42. The van der Waals surface area contributed by atoms with Crippen LogP contribution in [0.5, 0.6) is 5.75 Å². The molecule has 2 aromatic heterocycles. The molecular formula is C28H33Cl2N5O2S2. The van der Waals surface area contributed by atoms with Crippen LogP contribution in [0.1, 0.15) is 75.4 Å². The van der Waals surface area contributed by atoms with Crippen molar-refractivity contribution in [1.29, 1.82) is 5.26 Å². The third-order valence-corrected chi connectivity index (χ3v) is 10.3. The van der Waals surface area contributed by atoms with Gasteiger partial charge in [0.1, 0.15) is 16.8 Å². The first-order valence-corrected chi connectivity index (χ1v) is 15.7. The number of fused-ring (bicyclic) bond motifs is 1. The maximum Gasteiger partial charge on any atom is 0.235 e. The zero-order valence-electron chi connectivity index (χ0n) is 22.8. The number of carbonyl (C=O) groups is 1. The van der Waals surface area contributed by atoms with Gasteiger partial charge in [0.25, 0.3) is 0 Å². The van der Waals surface area contributed by atoms with Crippen LogP contribution in [0.2, 0.25) is 10.0 Å². The van der Waals surface area contributed by atoms with Crippen LogP contribution in [0, 0.1) is 22.7 Å². The number of thiophene rings is 1. The minimum Gasteiger partial charge on any atom is -0.481 e. The predicted octanol–water partition coefficient (Wildman–Crippen LogP) is 7.95. The number of nitrogens with zero attached hydrogens (tertiary/aromatic N) is 4. The number of rotatable bonds is 10. The van der Waals surface area contributed by atoms with E-state index in [1.165, 1.54) is 16.6 Å². The standard InChI is InChI=1S/C28H33Cl2N5O2S2/c1-6-28(4,5)17-8-10-19-20(14-31)26(39-23(19)12-17)32-24(36)15-38-27-34-33-25(35(27)7-2)16(3)37-22-11-9-18(29)13-21(22)30/h9,11,13,16-17H,6-8,10,12,15H2,1-5H3,(H,32,36). The smallest absolute Gasteiger partial charge is 0.235 e. The van der Waals surface area contributed by atoms with Gasteiger partial charge < -0.3 is 14.6 Å². The number of nitriles is 1. The Morgan fingerprint density at radius 1 is 1.36 bits per heavy atom. The average molecular weight is 607 g/mol. The Bertz CT molecular complexity index is 1400. The monoisotopic (exact) mass is 605 g/mol. The molecular weight excluding hydrogens is 573 g/mol. The predicted molar refractivity (Wildman–Crippen MR) is 159 cm³/mol. The molecule has 2 atom stereocenters. The summed E-state index contributed by atoms with van der Waals surface area (Å²) in [6.07, 6.45) is 3.62. The van der Waals surface area contributed by atoms with Gasteiger partial charge in [-0.15, -0.1) is 21.5 Å². The van der Waals surface area contributed by atoms with Gasteiger partial charge in [-0.3, -0.25) is 4.79 Å². The van der Waals surface area contributed by atoms with Gasteiger partial charge in [-0.05, 0) is 68.2 Å². The summed E-state index contributed by atoms with van der Waals surface area (Å²) >= 11 is 15.1. The van der Waals surface area contributed by atoms with E-state index in [4.69, 9.17) is 27.9 Å². The van der Waals surface area contributed by atoms with Crippen LogP contribution in [0.4, 0.5) is 5.00 Å². The van der Waals surface area contributed by atoms with Gasteiger partial charge in [0.2, 0.25) is 5.91 Å². The largest absolute Gasteiger partial charge is 0.481 e. The molecule has 208 valence electrons. The molecule has 1 aliphatic carbocycles. The summed E-state index contributed by atoms with van der Waals surface area (Å²) < 4.78 is 7.94. The molecule has 7 nitrogen and oxygen atoms in total. The summed E-state index contributed by atoms with van der Waals surface area (Å²) in [5.74, 6) is 1.69. The normalized spacial score (nSPS) is 15.9.